The second-order valence-electron chi connectivity index (χ2n) is 7.28. The summed E-state index contributed by atoms with van der Waals surface area (Å²) in [4.78, 5) is 20.2. The Labute approximate surface area is 175 Å². The minimum absolute atomic E-state index is 0.125. The van der Waals surface area contributed by atoms with Gasteiger partial charge in [0.25, 0.3) is 5.91 Å². The topological polar surface area (TPSA) is 49.6 Å². The SMILES string of the molecule is O=C(NCc1ccn2ccnc2c1)c1ccc(C2CCN(C=CC(F)(F)F)CC2)s1. The van der Waals surface area contributed by atoms with Crippen LogP contribution < -0.4 is 5.32 Å². The molecule has 0 saturated carbocycles. The third-order valence-corrected chi connectivity index (χ3v) is 6.42. The van der Waals surface area contributed by atoms with Gasteiger partial charge in [-0.3, -0.25) is 4.79 Å². The first-order chi connectivity index (χ1) is 14.4. The van der Waals surface area contributed by atoms with Gasteiger partial charge < -0.3 is 14.6 Å². The summed E-state index contributed by atoms with van der Waals surface area (Å²) >= 11 is 1.46. The van der Waals surface area contributed by atoms with Crippen LogP contribution in [0.3, 0.4) is 0 Å². The van der Waals surface area contributed by atoms with Gasteiger partial charge in [-0.25, -0.2) is 4.98 Å². The molecule has 1 aliphatic rings. The van der Waals surface area contributed by atoms with Crippen LogP contribution in [0.15, 0.2) is 55.1 Å². The van der Waals surface area contributed by atoms with E-state index in [2.05, 4.69) is 10.3 Å². The van der Waals surface area contributed by atoms with E-state index in [1.807, 2.05) is 41.1 Å². The number of rotatable bonds is 5. The zero-order valence-electron chi connectivity index (χ0n) is 16.1. The number of nitrogens with zero attached hydrogens (tertiary/aromatic N) is 3. The summed E-state index contributed by atoms with van der Waals surface area (Å²) in [6.07, 6.45) is 4.17. The zero-order valence-corrected chi connectivity index (χ0v) is 16.9. The van der Waals surface area contributed by atoms with Crippen LogP contribution in [0, 0.1) is 0 Å². The molecule has 3 aromatic heterocycles. The van der Waals surface area contributed by atoms with Crippen molar-refractivity contribution >= 4 is 22.9 Å². The first kappa shape index (κ1) is 20.5. The highest BCUT2D eigenvalue weighted by atomic mass is 32.1. The minimum atomic E-state index is -4.28. The Bertz CT molecular complexity index is 1050. The number of thiophene rings is 1. The maximum atomic E-state index is 12.5. The van der Waals surface area contributed by atoms with E-state index in [-0.39, 0.29) is 17.9 Å². The van der Waals surface area contributed by atoms with E-state index in [1.165, 1.54) is 11.3 Å². The van der Waals surface area contributed by atoms with Gasteiger partial charge in [0.1, 0.15) is 5.65 Å². The van der Waals surface area contributed by atoms with Crippen molar-refractivity contribution in [1.29, 1.82) is 0 Å². The number of carbonyl (C=O) groups excluding carboxylic acids is 1. The molecule has 1 fully saturated rings. The molecule has 5 nitrogen and oxygen atoms in total. The predicted molar refractivity (Wildman–Crippen MR) is 109 cm³/mol. The van der Waals surface area contributed by atoms with Crippen molar-refractivity contribution in [2.45, 2.75) is 31.5 Å². The van der Waals surface area contributed by atoms with Crippen LogP contribution in [0.4, 0.5) is 13.2 Å². The molecule has 30 heavy (non-hydrogen) atoms. The Morgan fingerprint density at radius 1 is 1.23 bits per heavy atom. The summed E-state index contributed by atoms with van der Waals surface area (Å²) in [5, 5.41) is 2.94. The van der Waals surface area contributed by atoms with Gasteiger partial charge in [0.2, 0.25) is 0 Å². The molecule has 1 N–H and O–H groups in total. The van der Waals surface area contributed by atoms with E-state index in [1.54, 1.807) is 11.1 Å². The average Bonchev–Trinajstić information content (AvgIpc) is 3.39. The van der Waals surface area contributed by atoms with Gasteiger partial charge in [0, 0.05) is 55.4 Å². The van der Waals surface area contributed by atoms with Crippen LogP contribution in [0.25, 0.3) is 5.65 Å². The van der Waals surface area contributed by atoms with Crippen molar-refractivity contribution in [1.82, 2.24) is 19.6 Å². The van der Waals surface area contributed by atoms with Crippen molar-refractivity contribution in [3.05, 3.63) is 70.4 Å². The van der Waals surface area contributed by atoms with Crippen molar-refractivity contribution in [3.63, 3.8) is 0 Å². The summed E-state index contributed by atoms with van der Waals surface area (Å²) in [5.41, 5.74) is 1.80. The molecule has 3 aromatic rings. The molecule has 158 valence electrons. The molecular weight excluding hydrogens is 413 g/mol. The number of halogens is 3. The number of amides is 1. The van der Waals surface area contributed by atoms with Gasteiger partial charge in [0.15, 0.2) is 0 Å². The van der Waals surface area contributed by atoms with E-state index >= 15 is 0 Å². The monoisotopic (exact) mass is 434 g/mol. The number of allylic oxidation sites excluding steroid dienone is 1. The number of piperidine rings is 1. The van der Waals surface area contributed by atoms with E-state index in [0.29, 0.717) is 24.5 Å². The Kier molecular flexibility index (Phi) is 5.80. The normalized spacial score (nSPS) is 15.9. The largest absolute Gasteiger partial charge is 0.411 e. The molecule has 1 aliphatic heterocycles. The van der Waals surface area contributed by atoms with Gasteiger partial charge in [-0.15, -0.1) is 11.3 Å². The zero-order chi connectivity index (χ0) is 21.1. The van der Waals surface area contributed by atoms with Crippen LogP contribution in [-0.2, 0) is 6.54 Å². The molecule has 0 aromatic carbocycles. The highest BCUT2D eigenvalue weighted by Crippen LogP contribution is 2.33. The second kappa shape index (κ2) is 8.51. The number of alkyl halides is 3. The highest BCUT2D eigenvalue weighted by molar-refractivity contribution is 7.14. The number of pyridine rings is 1. The Hall–Kier alpha value is -2.81. The summed E-state index contributed by atoms with van der Waals surface area (Å²) in [6.45, 7) is 1.57. The molecular formula is C21H21F3N4OS. The molecule has 1 saturated heterocycles. The Balaban J connectivity index is 1.30. The quantitative estimate of drug-likeness (QED) is 0.640. The fourth-order valence-electron chi connectivity index (χ4n) is 3.55. The number of hydrogen-bond acceptors (Lipinski definition) is 4. The van der Waals surface area contributed by atoms with Crippen molar-refractivity contribution in [2.75, 3.05) is 13.1 Å². The third kappa shape index (κ3) is 5.02. The lowest BCUT2D eigenvalue weighted by Gasteiger charge is -2.30. The first-order valence-corrected chi connectivity index (χ1v) is 10.5. The standard InChI is InChI=1S/C21H21F3N4OS/c22-21(23,24)6-11-27-8-4-16(5-9-27)17-1-2-18(30-17)20(29)26-14-15-3-10-28-12-7-25-19(28)13-15/h1-3,6-7,10-13,16H,4-5,8-9,14H2,(H,26,29). The molecule has 0 aliphatic carbocycles. The number of fused-ring (bicyclic) bond motifs is 1. The van der Waals surface area contributed by atoms with Gasteiger partial charge in [-0.2, -0.15) is 13.2 Å². The fraction of sp³-hybridized carbons (Fsp3) is 0.333. The first-order valence-electron chi connectivity index (χ1n) is 9.67. The smallest absolute Gasteiger partial charge is 0.377 e. The van der Waals surface area contributed by atoms with E-state index in [9.17, 15) is 18.0 Å². The Morgan fingerprint density at radius 3 is 2.80 bits per heavy atom. The van der Waals surface area contributed by atoms with Gasteiger partial charge >= 0.3 is 6.18 Å². The van der Waals surface area contributed by atoms with Crippen LogP contribution in [0.5, 0.6) is 0 Å². The van der Waals surface area contributed by atoms with Crippen molar-refractivity contribution < 1.29 is 18.0 Å². The predicted octanol–water partition coefficient (Wildman–Crippen LogP) is 4.58. The fourth-order valence-corrected chi connectivity index (χ4v) is 4.64. The molecule has 0 spiro atoms. The van der Waals surface area contributed by atoms with Crippen LogP contribution >= 0.6 is 11.3 Å². The number of aromatic nitrogens is 2. The van der Waals surface area contributed by atoms with Crippen molar-refractivity contribution in [3.8, 4) is 0 Å². The third-order valence-electron chi connectivity index (χ3n) is 5.17. The van der Waals surface area contributed by atoms with Crippen LogP contribution in [-0.4, -0.2) is 39.5 Å². The number of likely N-dealkylation sites (tertiary alicyclic amines) is 1. The Morgan fingerprint density at radius 2 is 2.03 bits per heavy atom. The number of hydrogen-bond donors (Lipinski definition) is 1. The van der Waals surface area contributed by atoms with Crippen molar-refractivity contribution in [2.24, 2.45) is 0 Å². The van der Waals surface area contributed by atoms with Crippen LogP contribution in [0.1, 0.15) is 38.9 Å². The van der Waals surface area contributed by atoms with E-state index in [0.717, 1.165) is 35.1 Å². The molecule has 4 heterocycles. The molecule has 1 amide bonds. The lowest BCUT2D eigenvalue weighted by Crippen LogP contribution is -2.28. The molecule has 0 radical (unpaired) electrons. The molecule has 9 heteroatoms. The second-order valence-corrected chi connectivity index (χ2v) is 8.40. The molecule has 0 unspecified atom stereocenters. The lowest BCUT2D eigenvalue weighted by molar-refractivity contribution is -0.0808. The number of nitrogens with one attached hydrogen (secondary N) is 1. The summed E-state index contributed by atoms with van der Waals surface area (Å²) < 4.78 is 38.8. The summed E-state index contributed by atoms with van der Waals surface area (Å²) in [6, 6.07) is 7.65. The summed E-state index contributed by atoms with van der Waals surface area (Å²) in [5.74, 6) is 0.148. The number of carbonyl (C=O) groups is 1. The molecule has 0 atom stereocenters. The highest BCUT2D eigenvalue weighted by Gasteiger charge is 2.25. The minimum Gasteiger partial charge on any atom is -0.377 e. The van der Waals surface area contributed by atoms with E-state index in [4.69, 9.17) is 0 Å². The summed E-state index contributed by atoms with van der Waals surface area (Å²) in [7, 11) is 0. The van der Waals surface area contributed by atoms with E-state index < -0.39 is 6.18 Å². The lowest BCUT2D eigenvalue weighted by atomic mass is 9.95. The molecule has 4 rings (SSSR count). The van der Waals surface area contributed by atoms with Gasteiger partial charge in [-0.1, -0.05) is 0 Å². The van der Waals surface area contributed by atoms with Gasteiger partial charge in [0.05, 0.1) is 4.88 Å². The number of imidazole rings is 1. The average molecular weight is 434 g/mol. The maximum Gasteiger partial charge on any atom is 0.411 e. The molecule has 0 bridgehead atoms. The maximum absolute atomic E-state index is 12.5. The van der Waals surface area contributed by atoms with Crippen LogP contribution in [0.2, 0.25) is 0 Å². The van der Waals surface area contributed by atoms with Gasteiger partial charge in [-0.05, 0) is 48.6 Å².